The molecule has 2 heterocycles. The van der Waals surface area contributed by atoms with Crippen LogP contribution in [0.1, 0.15) is 32.6 Å². The van der Waals surface area contributed by atoms with Gasteiger partial charge in [0.05, 0.1) is 24.0 Å². The van der Waals surface area contributed by atoms with Crippen molar-refractivity contribution < 1.29 is 4.52 Å². The quantitative estimate of drug-likeness (QED) is 0.846. The molecule has 2 aromatic rings. The lowest BCUT2D eigenvalue weighted by Gasteiger charge is -2.23. The average Bonchev–Trinajstić information content (AvgIpc) is 2.77. The molecule has 1 unspecified atom stereocenters. The highest BCUT2D eigenvalue weighted by Crippen LogP contribution is 2.29. The van der Waals surface area contributed by atoms with Gasteiger partial charge in [0.1, 0.15) is 0 Å². The van der Waals surface area contributed by atoms with E-state index in [9.17, 15) is 0 Å². The Hall–Kier alpha value is -1.82. The molecule has 0 saturated carbocycles. The maximum Gasteiger partial charge on any atom is 0.259 e. The molecule has 0 aliphatic heterocycles. The molecular weight excluding hydrogens is 218 g/mol. The molecule has 90 valence electrons. The van der Waals surface area contributed by atoms with Crippen molar-refractivity contribution in [2.24, 2.45) is 11.1 Å². The highest BCUT2D eigenvalue weighted by Gasteiger charge is 2.27. The SMILES string of the molecule is CC(C)(C)C(N)c1noc(-c2ccnnc2)n1. The zero-order valence-corrected chi connectivity index (χ0v) is 10.1. The molecule has 0 radical (unpaired) electrons. The van der Waals surface area contributed by atoms with Crippen molar-refractivity contribution in [1.82, 2.24) is 20.3 Å². The molecule has 1 atom stereocenters. The second-order valence-electron chi connectivity index (χ2n) is 4.93. The van der Waals surface area contributed by atoms with E-state index in [4.69, 9.17) is 10.3 Å². The smallest absolute Gasteiger partial charge is 0.259 e. The third-order valence-corrected chi connectivity index (χ3v) is 2.48. The predicted molar refractivity (Wildman–Crippen MR) is 61.7 cm³/mol. The molecule has 0 aromatic carbocycles. The molecular formula is C11H15N5O. The van der Waals surface area contributed by atoms with Gasteiger partial charge in [-0.1, -0.05) is 25.9 Å². The Morgan fingerprint density at radius 2 is 2.06 bits per heavy atom. The fourth-order valence-corrected chi connectivity index (χ4v) is 1.28. The average molecular weight is 233 g/mol. The lowest BCUT2D eigenvalue weighted by Crippen LogP contribution is -2.27. The van der Waals surface area contributed by atoms with Crippen LogP contribution in [0.4, 0.5) is 0 Å². The second-order valence-corrected chi connectivity index (χ2v) is 4.93. The molecule has 6 heteroatoms. The van der Waals surface area contributed by atoms with Crippen molar-refractivity contribution in [2.45, 2.75) is 26.8 Å². The molecule has 6 nitrogen and oxygen atoms in total. The van der Waals surface area contributed by atoms with E-state index in [2.05, 4.69) is 20.3 Å². The Kier molecular flexibility index (Phi) is 2.89. The van der Waals surface area contributed by atoms with Crippen molar-refractivity contribution in [1.29, 1.82) is 0 Å². The number of rotatable bonds is 2. The zero-order valence-electron chi connectivity index (χ0n) is 10.1. The maximum atomic E-state index is 6.05. The van der Waals surface area contributed by atoms with Gasteiger partial charge in [-0.15, -0.1) is 0 Å². The second kappa shape index (κ2) is 4.21. The van der Waals surface area contributed by atoms with Gasteiger partial charge in [0.25, 0.3) is 5.89 Å². The summed E-state index contributed by atoms with van der Waals surface area (Å²) in [5.41, 5.74) is 6.67. The summed E-state index contributed by atoms with van der Waals surface area (Å²) in [6.45, 7) is 6.09. The summed E-state index contributed by atoms with van der Waals surface area (Å²) >= 11 is 0. The van der Waals surface area contributed by atoms with Crippen molar-refractivity contribution in [3.8, 4) is 11.5 Å². The first-order chi connectivity index (χ1) is 7.98. The van der Waals surface area contributed by atoms with Crippen LogP contribution >= 0.6 is 0 Å². The first-order valence-corrected chi connectivity index (χ1v) is 5.35. The number of nitrogens with two attached hydrogens (primary N) is 1. The van der Waals surface area contributed by atoms with Crippen LogP contribution in [0, 0.1) is 5.41 Å². The summed E-state index contributed by atoms with van der Waals surface area (Å²) in [5.74, 6) is 0.916. The Morgan fingerprint density at radius 3 is 2.65 bits per heavy atom. The van der Waals surface area contributed by atoms with E-state index < -0.39 is 0 Å². The summed E-state index contributed by atoms with van der Waals surface area (Å²) in [4.78, 5) is 4.28. The minimum absolute atomic E-state index is 0.113. The monoisotopic (exact) mass is 233 g/mol. The first-order valence-electron chi connectivity index (χ1n) is 5.35. The Labute approximate surface area is 99.2 Å². The maximum absolute atomic E-state index is 6.05. The van der Waals surface area contributed by atoms with E-state index in [1.807, 2.05) is 20.8 Å². The van der Waals surface area contributed by atoms with Crippen LogP contribution in [-0.2, 0) is 0 Å². The molecule has 0 aliphatic rings. The van der Waals surface area contributed by atoms with E-state index in [0.29, 0.717) is 11.7 Å². The minimum atomic E-state index is -0.269. The fraction of sp³-hybridized carbons (Fsp3) is 0.455. The standard InChI is InChI=1S/C11H15N5O/c1-11(2,3)8(12)9-15-10(17-16-9)7-4-5-13-14-6-7/h4-6,8H,12H2,1-3H3. The van der Waals surface area contributed by atoms with Gasteiger partial charge in [-0.25, -0.2) is 0 Å². The van der Waals surface area contributed by atoms with Crippen LogP contribution in [0.15, 0.2) is 23.0 Å². The minimum Gasteiger partial charge on any atom is -0.334 e. The third kappa shape index (κ3) is 2.47. The van der Waals surface area contributed by atoms with Gasteiger partial charge in [-0.3, -0.25) is 0 Å². The topological polar surface area (TPSA) is 90.7 Å². The van der Waals surface area contributed by atoms with Crippen LogP contribution in [-0.4, -0.2) is 20.3 Å². The Balaban J connectivity index is 2.28. The summed E-state index contributed by atoms with van der Waals surface area (Å²) in [6, 6.07) is 1.49. The first kappa shape index (κ1) is 11.7. The molecule has 0 spiro atoms. The molecule has 17 heavy (non-hydrogen) atoms. The Morgan fingerprint density at radius 1 is 1.29 bits per heavy atom. The largest absolute Gasteiger partial charge is 0.334 e. The highest BCUT2D eigenvalue weighted by atomic mass is 16.5. The Bertz CT molecular complexity index is 488. The van der Waals surface area contributed by atoms with Gasteiger partial charge in [0.2, 0.25) is 0 Å². The molecule has 0 fully saturated rings. The predicted octanol–water partition coefficient (Wildman–Crippen LogP) is 1.57. The van der Waals surface area contributed by atoms with E-state index in [1.165, 1.54) is 0 Å². The highest BCUT2D eigenvalue weighted by molar-refractivity contribution is 5.49. The van der Waals surface area contributed by atoms with Crippen molar-refractivity contribution in [2.75, 3.05) is 0 Å². The molecule has 0 bridgehead atoms. The van der Waals surface area contributed by atoms with Gasteiger partial charge in [-0.2, -0.15) is 15.2 Å². The van der Waals surface area contributed by atoms with Crippen molar-refractivity contribution >= 4 is 0 Å². The lowest BCUT2D eigenvalue weighted by atomic mass is 9.87. The molecule has 0 amide bonds. The summed E-state index contributed by atoms with van der Waals surface area (Å²) in [6.07, 6.45) is 3.14. The van der Waals surface area contributed by atoms with Gasteiger partial charge in [0.15, 0.2) is 5.82 Å². The molecule has 2 N–H and O–H groups in total. The number of aromatic nitrogens is 4. The number of hydrogen-bond donors (Lipinski definition) is 1. The van der Waals surface area contributed by atoms with Crippen LogP contribution < -0.4 is 5.73 Å². The normalized spacial score (nSPS) is 13.6. The summed E-state index contributed by atoms with van der Waals surface area (Å²) in [7, 11) is 0. The van der Waals surface area contributed by atoms with E-state index in [0.717, 1.165) is 5.56 Å². The zero-order chi connectivity index (χ0) is 12.5. The van der Waals surface area contributed by atoms with Crippen LogP contribution in [0.25, 0.3) is 11.5 Å². The van der Waals surface area contributed by atoms with Gasteiger partial charge < -0.3 is 10.3 Å². The molecule has 0 saturated heterocycles. The number of hydrogen-bond acceptors (Lipinski definition) is 6. The van der Waals surface area contributed by atoms with E-state index in [1.54, 1.807) is 18.5 Å². The van der Waals surface area contributed by atoms with E-state index >= 15 is 0 Å². The molecule has 0 aliphatic carbocycles. The van der Waals surface area contributed by atoms with Gasteiger partial charge in [0, 0.05) is 0 Å². The van der Waals surface area contributed by atoms with Crippen molar-refractivity contribution in [3.05, 3.63) is 24.3 Å². The van der Waals surface area contributed by atoms with Crippen LogP contribution in [0.3, 0.4) is 0 Å². The lowest BCUT2D eigenvalue weighted by molar-refractivity contribution is 0.303. The van der Waals surface area contributed by atoms with Crippen molar-refractivity contribution in [3.63, 3.8) is 0 Å². The summed E-state index contributed by atoms with van der Waals surface area (Å²) < 4.78 is 5.16. The van der Waals surface area contributed by atoms with Gasteiger partial charge >= 0.3 is 0 Å². The van der Waals surface area contributed by atoms with Crippen LogP contribution in [0.5, 0.6) is 0 Å². The van der Waals surface area contributed by atoms with E-state index in [-0.39, 0.29) is 11.5 Å². The van der Waals surface area contributed by atoms with Crippen LogP contribution in [0.2, 0.25) is 0 Å². The molecule has 2 rings (SSSR count). The fourth-order valence-electron chi connectivity index (χ4n) is 1.28. The molecule has 2 aromatic heterocycles. The summed E-state index contributed by atoms with van der Waals surface area (Å²) in [5, 5.41) is 11.3. The van der Waals surface area contributed by atoms with Gasteiger partial charge in [-0.05, 0) is 11.5 Å². The third-order valence-electron chi connectivity index (χ3n) is 2.48. The number of nitrogens with zero attached hydrogens (tertiary/aromatic N) is 4.